The number of hydrogen-bond acceptors (Lipinski definition) is 3. The molecule has 0 aromatic rings. The van der Waals surface area contributed by atoms with Gasteiger partial charge >= 0.3 is 0 Å². The van der Waals surface area contributed by atoms with E-state index in [-0.39, 0.29) is 11.3 Å². The van der Waals surface area contributed by atoms with Crippen LogP contribution in [-0.4, -0.2) is 39.3 Å². The molecule has 1 saturated heterocycles. The number of piperidine rings is 1. The van der Waals surface area contributed by atoms with Crippen LogP contribution in [0.4, 0.5) is 0 Å². The summed E-state index contributed by atoms with van der Waals surface area (Å²) in [7, 11) is 1.69. The van der Waals surface area contributed by atoms with Crippen LogP contribution in [0, 0.1) is 17.3 Å². The molecule has 0 radical (unpaired) electrons. The Hall–Kier alpha value is -0.610. The largest absolute Gasteiger partial charge is 0.384 e. The van der Waals surface area contributed by atoms with E-state index in [9.17, 15) is 4.79 Å². The molecule has 1 amide bonds. The maximum atomic E-state index is 12.3. The Kier molecular flexibility index (Phi) is 6.09. The third-order valence-electron chi connectivity index (χ3n) is 3.96. The first kappa shape index (κ1) is 15.4. The first-order chi connectivity index (χ1) is 8.48. The first-order valence-electron chi connectivity index (χ1n) is 6.96. The van der Waals surface area contributed by atoms with Crippen molar-refractivity contribution in [3.05, 3.63) is 0 Å². The number of hydrogen-bond donors (Lipinski definition) is 2. The van der Waals surface area contributed by atoms with E-state index in [1.54, 1.807) is 7.11 Å². The van der Waals surface area contributed by atoms with Crippen molar-refractivity contribution in [1.29, 1.82) is 0 Å². The molecule has 0 saturated carbocycles. The van der Waals surface area contributed by atoms with Crippen molar-refractivity contribution in [1.82, 2.24) is 10.6 Å². The molecule has 0 spiro atoms. The number of carbonyl (C=O) groups is 1. The molecular weight excluding hydrogens is 228 g/mol. The van der Waals surface area contributed by atoms with E-state index in [0.717, 1.165) is 19.5 Å². The fourth-order valence-electron chi connectivity index (χ4n) is 2.49. The number of amides is 1. The molecule has 1 fully saturated rings. The van der Waals surface area contributed by atoms with Crippen molar-refractivity contribution in [3.63, 3.8) is 0 Å². The van der Waals surface area contributed by atoms with Gasteiger partial charge in [-0.25, -0.2) is 0 Å². The summed E-state index contributed by atoms with van der Waals surface area (Å²) in [5.74, 6) is 0.961. The lowest BCUT2D eigenvalue weighted by Crippen LogP contribution is -2.48. The second-order valence-corrected chi connectivity index (χ2v) is 6.04. The third kappa shape index (κ3) is 4.25. The zero-order valence-electron chi connectivity index (χ0n) is 12.2. The normalized spacial score (nSPS) is 22.6. The van der Waals surface area contributed by atoms with Crippen LogP contribution in [0.25, 0.3) is 0 Å². The van der Waals surface area contributed by atoms with Gasteiger partial charge in [-0.2, -0.15) is 0 Å². The van der Waals surface area contributed by atoms with E-state index in [4.69, 9.17) is 4.74 Å². The minimum Gasteiger partial charge on any atom is -0.384 e. The van der Waals surface area contributed by atoms with Gasteiger partial charge in [0.25, 0.3) is 0 Å². The molecule has 18 heavy (non-hydrogen) atoms. The summed E-state index contributed by atoms with van der Waals surface area (Å²) in [6, 6.07) is 0. The predicted octanol–water partition coefficient (Wildman–Crippen LogP) is 1.41. The van der Waals surface area contributed by atoms with Gasteiger partial charge in [-0.3, -0.25) is 4.79 Å². The van der Waals surface area contributed by atoms with Gasteiger partial charge < -0.3 is 15.4 Å². The molecule has 4 nitrogen and oxygen atoms in total. The molecule has 1 rings (SSSR count). The molecule has 0 aromatic heterocycles. The van der Waals surface area contributed by atoms with Crippen LogP contribution in [-0.2, 0) is 9.53 Å². The van der Waals surface area contributed by atoms with Crippen LogP contribution < -0.4 is 10.6 Å². The molecule has 2 unspecified atom stereocenters. The smallest absolute Gasteiger partial charge is 0.225 e. The summed E-state index contributed by atoms with van der Waals surface area (Å²) in [6.07, 6.45) is 2.31. The lowest BCUT2D eigenvalue weighted by molar-refractivity contribution is -0.132. The Morgan fingerprint density at radius 3 is 2.83 bits per heavy atom. The van der Waals surface area contributed by atoms with Crippen molar-refractivity contribution in [2.45, 2.75) is 33.6 Å². The first-order valence-corrected chi connectivity index (χ1v) is 6.96. The summed E-state index contributed by atoms with van der Waals surface area (Å²) in [4.78, 5) is 12.3. The minimum atomic E-state index is -0.291. The van der Waals surface area contributed by atoms with Gasteiger partial charge in [-0.15, -0.1) is 0 Å². The standard InChI is InChI=1S/C14H28N2O2/c1-11(10-18-4)8-16-13(17)14(2,3)12-6-5-7-15-9-12/h11-12,15H,5-10H2,1-4H3,(H,16,17). The molecule has 106 valence electrons. The second kappa shape index (κ2) is 7.10. The third-order valence-corrected chi connectivity index (χ3v) is 3.96. The lowest BCUT2D eigenvalue weighted by atomic mass is 9.74. The van der Waals surface area contributed by atoms with E-state index in [0.29, 0.717) is 25.0 Å². The van der Waals surface area contributed by atoms with Gasteiger partial charge in [0, 0.05) is 19.1 Å². The van der Waals surface area contributed by atoms with E-state index < -0.39 is 0 Å². The minimum absolute atomic E-state index is 0.166. The van der Waals surface area contributed by atoms with Gasteiger partial charge in [0.2, 0.25) is 5.91 Å². The predicted molar refractivity (Wildman–Crippen MR) is 73.4 cm³/mol. The van der Waals surface area contributed by atoms with Crippen LogP contribution in [0.3, 0.4) is 0 Å². The van der Waals surface area contributed by atoms with E-state index in [1.807, 2.05) is 0 Å². The van der Waals surface area contributed by atoms with Crippen molar-refractivity contribution in [2.75, 3.05) is 33.4 Å². The molecule has 2 N–H and O–H groups in total. The molecule has 1 aliphatic heterocycles. The van der Waals surface area contributed by atoms with Crippen LogP contribution in [0.1, 0.15) is 33.6 Å². The molecule has 1 heterocycles. The second-order valence-electron chi connectivity index (χ2n) is 6.04. The van der Waals surface area contributed by atoms with Gasteiger partial charge in [-0.05, 0) is 37.8 Å². The summed E-state index contributed by atoms with van der Waals surface area (Å²) in [5, 5.41) is 6.44. The summed E-state index contributed by atoms with van der Waals surface area (Å²) < 4.78 is 5.08. The Labute approximate surface area is 111 Å². The van der Waals surface area contributed by atoms with Crippen LogP contribution in [0.2, 0.25) is 0 Å². The Morgan fingerprint density at radius 2 is 2.28 bits per heavy atom. The van der Waals surface area contributed by atoms with Crippen LogP contribution in [0.5, 0.6) is 0 Å². The molecule has 4 heteroatoms. The Balaban J connectivity index is 2.42. The highest BCUT2D eigenvalue weighted by atomic mass is 16.5. The monoisotopic (exact) mass is 256 g/mol. The molecule has 2 atom stereocenters. The summed E-state index contributed by atoms with van der Waals surface area (Å²) in [5.41, 5.74) is -0.291. The van der Waals surface area contributed by atoms with Crippen molar-refractivity contribution in [3.8, 4) is 0 Å². The average Bonchev–Trinajstić information content (AvgIpc) is 2.37. The number of methoxy groups -OCH3 is 1. The van der Waals surface area contributed by atoms with Gasteiger partial charge in [0.05, 0.1) is 6.61 Å². The highest BCUT2D eigenvalue weighted by molar-refractivity contribution is 5.82. The SMILES string of the molecule is COCC(C)CNC(=O)C(C)(C)C1CCCNC1. The number of ether oxygens (including phenoxy) is 1. The molecular formula is C14H28N2O2. The van der Waals surface area contributed by atoms with Gasteiger partial charge in [0.15, 0.2) is 0 Å². The van der Waals surface area contributed by atoms with Crippen LogP contribution in [0.15, 0.2) is 0 Å². The fourth-order valence-corrected chi connectivity index (χ4v) is 2.49. The molecule has 0 bridgehead atoms. The van der Waals surface area contributed by atoms with Crippen molar-refractivity contribution >= 4 is 5.91 Å². The number of nitrogens with one attached hydrogen (secondary N) is 2. The Bertz CT molecular complexity index is 261. The van der Waals surface area contributed by atoms with Gasteiger partial charge in [0.1, 0.15) is 0 Å². The highest BCUT2D eigenvalue weighted by Crippen LogP contribution is 2.31. The van der Waals surface area contributed by atoms with E-state index in [1.165, 1.54) is 6.42 Å². The average molecular weight is 256 g/mol. The van der Waals surface area contributed by atoms with Crippen molar-refractivity contribution in [2.24, 2.45) is 17.3 Å². The Morgan fingerprint density at radius 1 is 1.56 bits per heavy atom. The molecule has 1 aliphatic rings. The zero-order chi connectivity index (χ0) is 13.6. The lowest BCUT2D eigenvalue weighted by Gasteiger charge is -2.36. The highest BCUT2D eigenvalue weighted by Gasteiger charge is 2.37. The maximum absolute atomic E-state index is 12.3. The van der Waals surface area contributed by atoms with Gasteiger partial charge in [-0.1, -0.05) is 20.8 Å². The molecule has 0 aliphatic carbocycles. The van der Waals surface area contributed by atoms with E-state index in [2.05, 4.69) is 31.4 Å². The zero-order valence-corrected chi connectivity index (χ0v) is 12.2. The number of rotatable bonds is 6. The fraction of sp³-hybridized carbons (Fsp3) is 0.929. The quantitative estimate of drug-likeness (QED) is 0.755. The number of carbonyl (C=O) groups excluding carboxylic acids is 1. The molecule has 0 aromatic carbocycles. The van der Waals surface area contributed by atoms with Crippen molar-refractivity contribution < 1.29 is 9.53 Å². The van der Waals surface area contributed by atoms with Crippen LogP contribution >= 0.6 is 0 Å². The van der Waals surface area contributed by atoms with E-state index >= 15 is 0 Å². The summed E-state index contributed by atoms with van der Waals surface area (Å²) >= 11 is 0. The topological polar surface area (TPSA) is 50.4 Å². The maximum Gasteiger partial charge on any atom is 0.225 e. The summed E-state index contributed by atoms with van der Waals surface area (Å²) in [6.45, 7) is 9.61.